The SMILES string of the molecule is Nc1nc(CC(=O)Nc2ccc(CCN(C[C@@H](O)c3ccccc3)C(=O)O[C@@H]3O[C@H](C(=O)O)[C@@H](O)[C@H](O)[C@H]3O)cc2)cs1. The lowest BCUT2D eigenvalue weighted by molar-refractivity contribution is -0.280. The number of carboxylic acid groups (broad SMARTS) is 1. The second-order valence-corrected chi connectivity index (χ2v) is 10.7. The fraction of sp³-hybridized carbons (Fsp3) is 0.357. The highest BCUT2D eigenvalue weighted by atomic mass is 32.1. The van der Waals surface area contributed by atoms with Gasteiger partial charge in [-0.2, -0.15) is 0 Å². The average molecular weight is 617 g/mol. The highest BCUT2D eigenvalue weighted by molar-refractivity contribution is 7.13. The maximum atomic E-state index is 13.2. The van der Waals surface area contributed by atoms with Gasteiger partial charge in [0.1, 0.15) is 18.3 Å². The number of aromatic nitrogens is 1. The summed E-state index contributed by atoms with van der Waals surface area (Å²) in [6.07, 6.45) is -11.5. The molecule has 6 atom stereocenters. The molecule has 0 bridgehead atoms. The van der Waals surface area contributed by atoms with Gasteiger partial charge in [0.25, 0.3) is 0 Å². The summed E-state index contributed by atoms with van der Waals surface area (Å²) in [5, 5.41) is 55.1. The Morgan fingerprint density at radius 3 is 2.37 bits per heavy atom. The fourth-order valence-corrected chi connectivity index (χ4v) is 4.92. The van der Waals surface area contributed by atoms with Crippen LogP contribution in [0.5, 0.6) is 0 Å². The van der Waals surface area contributed by atoms with Crippen molar-refractivity contribution in [2.75, 3.05) is 24.1 Å². The molecule has 2 amide bonds. The number of rotatable bonds is 11. The zero-order chi connectivity index (χ0) is 31.1. The number of hydrogen-bond acceptors (Lipinski definition) is 12. The lowest BCUT2D eigenvalue weighted by Gasteiger charge is -2.38. The highest BCUT2D eigenvalue weighted by Crippen LogP contribution is 2.24. The maximum Gasteiger partial charge on any atom is 0.412 e. The van der Waals surface area contributed by atoms with Crippen molar-refractivity contribution < 1.29 is 49.4 Å². The van der Waals surface area contributed by atoms with Gasteiger partial charge in [0.2, 0.25) is 12.2 Å². The summed E-state index contributed by atoms with van der Waals surface area (Å²) in [7, 11) is 0. The van der Waals surface area contributed by atoms with Crippen molar-refractivity contribution >= 4 is 40.1 Å². The van der Waals surface area contributed by atoms with E-state index in [4.69, 9.17) is 15.2 Å². The van der Waals surface area contributed by atoms with Gasteiger partial charge in [0, 0.05) is 17.6 Å². The molecule has 0 radical (unpaired) electrons. The Morgan fingerprint density at radius 1 is 1.05 bits per heavy atom. The minimum absolute atomic E-state index is 0.0238. The van der Waals surface area contributed by atoms with Crippen LogP contribution >= 0.6 is 11.3 Å². The predicted molar refractivity (Wildman–Crippen MR) is 153 cm³/mol. The molecular weight excluding hydrogens is 584 g/mol. The van der Waals surface area contributed by atoms with Crippen LogP contribution in [0, 0.1) is 0 Å². The molecule has 1 aromatic heterocycles. The van der Waals surface area contributed by atoms with Crippen LogP contribution in [0.25, 0.3) is 0 Å². The number of carbonyl (C=O) groups excluding carboxylic acids is 2. The van der Waals surface area contributed by atoms with Gasteiger partial charge in [-0.1, -0.05) is 42.5 Å². The first-order valence-electron chi connectivity index (χ1n) is 13.2. The lowest BCUT2D eigenvalue weighted by Crippen LogP contribution is -2.61. The van der Waals surface area contributed by atoms with Crippen molar-refractivity contribution in [3.05, 3.63) is 76.8 Å². The van der Waals surface area contributed by atoms with Gasteiger partial charge in [0.15, 0.2) is 11.2 Å². The van der Waals surface area contributed by atoms with E-state index in [1.54, 1.807) is 60.0 Å². The summed E-state index contributed by atoms with van der Waals surface area (Å²) in [6.45, 7) is -0.204. The number of amides is 2. The Morgan fingerprint density at radius 2 is 1.74 bits per heavy atom. The van der Waals surface area contributed by atoms with Gasteiger partial charge >= 0.3 is 12.1 Å². The molecule has 0 unspecified atom stereocenters. The molecule has 230 valence electrons. The normalized spacial score (nSPS) is 22.4. The van der Waals surface area contributed by atoms with E-state index in [9.17, 15) is 39.9 Å². The number of benzene rings is 2. The Labute approximate surface area is 249 Å². The third-order valence-corrected chi connectivity index (χ3v) is 7.41. The molecule has 0 aliphatic carbocycles. The number of nitrogens with two attached hydrogens (primary N) is 1. The molecule has 8 N–H and O–H groups in total. The number of aliphatic hydroxyl groups is 4. The number of ether oxygens (including phenoxy) is 2. The minimum Gasteiger partial charge on any atom is -0.479 e. The summed E-state index contributed by atoms with van der Waals surface area (Å²) in [5.74, 6) is -1.89. The van der Waals surface area contributed by atoms with Gasteiger partial charge in [0.05, 0.1) is 24.8 Å². The van der Waals surface area contributed by atoms with Crippen molar-refractivity contribution in [2.45, 2.75) is 49.7 Å². The molecule has 1 aliphatic rings. The van der Waals surface area contributed by atoms with Crippen LogP contribution in [0.1, 0.15) is 22.9 Å². The van der Waals surface area contributed by atoms with E-state index < -0.39 is 48.9 Å². The first-order chi connectivity index (χ1) is 20.5. The van der Waals surface area contributed by atoms with Gasteiger partial charge in [-0.05, 0) is 29.7 Å². The molecule has 43 heavy (non-hydrogen) atoms. The Balaban J connectivity index is 1.41. The molecule has 14 nitrogen and oxygen atoms in total. The van der Waals surface area contributed by atoms with Crippen molar-refractivity contribution in [1.29, 1.82) is 0 Å². The number of aliphatic hydroxyl groups excluding tert-OH is 4. The van der Waals surface area contributed by atoms with E-state index in [0.717, 1.165) is 10.5 Å². The number of nitrogens with one attached hydrogen (secondary N) is 1. The van der Waals surface area contributed by atoms with E-state index in [0.29, 0.717) is 22.1 Å². The van der Waals surface area contributed by atoms with Gasteiger partial charge in [-0.25, -0.2) is 14.6 Å². The van der Waals surface area contributed by atoms with Crippen molar-refractivity contribution in [2.24, 2.45) is 0 Å². The second-order valence-electron chi connectivity index (χ2n) is 9.84. The van der Waals surface area contributed by atoms with Crippen LogP contribution in [0.4, 0.5) is 15.6 Å². The quantitative estimate of drug-likeness (QED) is 0.156. The van der Waals surface area contributed by atoms with Crippen LogP contribution < -0.4 is 11.1 Å². The second kappa shape index (κ2) is 14.4. The highest BCUT2D eigenvalue weighted by Gasteiger charge is 2.49. The monoisotopic (exact) mass is 616 g/mol. The van der Waals surface area contributed by atoms with E-state index in [-0.39, 0.29) is 31.8 Å². The van der Waals surface area contributed by atoms with E-state index >= 15 is 0 Å². The number of nitrogen functional groups attached to an aromatic ring is 1. The summed E-state index contributed by atoms with van der Waals surface area (Å²) in [4.78, 5) is 42.1. The van der Waals surface area contributed by atoms with Gasteiger partial charge < -0.3 is 51.0 Å². The van der Waals surface area contributed by atoms with Gasteiger partial charge in [-0.3, -0.25) is 4.79 Å². The fourth-order valence-electron chi connectivity index (χ4n) is 4.36. The zero-order valence-corrected chi connectivity index (χ0v) is 23.5. The molecule has 0 spiro atoms. The molecule has 1 fully saturated rings. The summed E-state index contributed by atoms with van der Waals surface area (Å²) >= 11 is 1.25. The first-order valence-corrected chi connectivity index (χ1v) is 14.1. The van der Waals surface area contributed by atoms with E-state index in [1.807, 2.05) is 0 Å². The average Bonchev–Trinajstić information content (AvgIpc) is 3.40. The Hall–Kier alpha value is -4.12. The standard InChI is InChI=1S/C28H32N4O10S/c29-27-31-18(14-43-27)12-20(34)30-17-8-6-15(7-9-17)10-11-32(13-19(33)16-4-2-1-3-5-16)28(40)42-26-23(37)21(35)22(36)24(41-26)25(38)39/h1-9,14,19,21-24,26,33,35-37H,10-13H2,(H2,29,31)(H,30,34)(H,38,39)/t19-,21+,22+,23-,24+,26+/m1/s1. The van der Waals surface area contributed by atoms with Crippen molar-refractivity contribution in [1.82, 2.24) is 9.88 Å². The summed E-state index contributed by atoms with van der Waals surface area (Å²) in [6, 6.07) is 15.4. The van der Waals surface area contributed by atoms with Crippen LogP contribution in [0.2, 0.25) is 0 Å². The van der Waals surface area contributed by atoms with Crippen molar-refractivity contribution in [3.8, 4) is 0 Å². The maximum absolute atomic E-state index is 13.2. The predicted octanol–water partition coefficient (Wildman–Crippen LogP) is 0.513. The van der Waals surface area contributed by atoms with E-state index in [1.165, 1.54) is 11.3 Å². The molecule has 2 heterocycles. The molecule has 3 aromatic rings. The molecule has 1 aliphatic heterocycles. The summed E-state index contributed by atoms with van der Waals surface area (Å²) < 4.78 is 10.3. The molecule has 15 heteroatoms. The molecular formula is C28H32N4O10S. The third kappa shape index (κ3) is 8.47. The van der Waals surface area contributed by atoms with Crippen LogP contribution in [-0.4, -0.2) is 97.2 Å². The van der Waals surface area contributed by atoms with E-state index in [2.05, 4.69) is 10.3 Å². The third-order valence-electron chi connectivity index (χ3n) is 6.69. The molecule has 1 saturated heterocycles. The topological polar surface area (TPSA) is 225 Å². The number of carbonyl (C=O) groups is 3. The largest absolute Gasteiger partial charge is 0.479 e. The number of nitrogens with zero attached hydrogens (tertiary/aromatic N) is 2. The van der Waals surface area contributed by atoms with Crippen molar-refractivity contribution in [3.63, 3.8) is 0 Å². The summed E-state index contributed by atoms with van der Waals surface area (Å²) in [5.41, 5.74) is 8.01. The number of hydrogen-bond donors (Lipinski definition) is 7. The van der Waals surface area contributed by atoms with Crippen LogP contribution in [-0.2, 0) is 31.9 Å². The zero-order valence-electron chi connectivity index (χ0n) is 22.7. The Kier molecular flexibility index (Phi) is 10.6. The number of carboxylic acids is 1. The molecule has 4 rings (SSSR count). The lowest BCUT2D eigenvalue weighted by atomic mass is 9.99. The van der Waals surface area contributed by atoms with Gasteiger partial charge in [-0.15, -0.1) is 11.3 Å². The Bertz CT molecular complexity index is 1390. The van der Waals surface area contributed by atoms with Crippen LogP contribution in [0.3, 0.4) is 0 Å². The first kappa shape index (κ1) is 31.8. The minimum atomic E-state index is -1.95. The smallest absolute Gasteiger partial charge is 0.412 e. The molecule has 2 aromatic carbocycles. The molecule has 0 saturated carbocycles. The number of aliphatic carboxylic acids is 1. The number of thiazole rings is 1. The van der Waals surface area contributed by atoms with Crippen LogP contribution in [0.15, 0.2) is 60.0 Å². The number of anilines is 2.